The van der Waals surface area contributed by atoms with Crippen LogP contribution in [0.25, 0.3) is 0 Å². The van der Waals surface area contributed by atoms with E-state index < -0.39 is 24.1 Å². The lowest BCUT2D eigenvalue weighted by molar-refractivity contribution is -0.141. The maximum Gasteiger partial charge on any atom is 0.326 e. The van der Waals surface area contributed by atoms with Crippen LogP contribution in [-0.2, 0) is 11.3 Å². The monoisotopic (exact) mass is 270 g/mol. The van der Waals surface area contributed by atoms with Crippen LogP contribution in [0.5, 0.6) is 0 Å². The third-order valence-corrected chi connectivity index (χ3v) is 3.70. The first-order valence-corrected chi connectivity index (χ1v) is 6.43. The fourth-order valence-electron chi connectivity index (χ4n) is 1.95. The minimum absolute atomic E-state index is 0.0627. The van der Waals surface area contributed by atoms with E-state index in [4.69, 9.17) is 5.11 Å². The molecule has 1 aromatic rings. The van der Waals surface area contributed by atoms with Crippen molar-refractivity contribution in [3.63, 3.8) is 0 Å². The third kappa shape index (κ3) is 2.80. The Labute approximate surface area is 108 Å². The molecule has 1 saturated heterocycles. The lowest BCUT2D eigenvalue weighted by atomic mass is 10.2. The van der Waals surface area contributed by atoms with Gasteiger partial charge in [-0.25, -0.2) is 9.59 Å². The number of thiophene rings is 1. The van der Waals surface area contributed by atoms with Crippen molar-refractivity contribution in [3.05, 3.63) is 22.4 Å². The Bertz CT molecular complexity index is 434. The molecule has 7 heteroatoms. The van der Waals surface area contributed by atoms with E-state index >= 15 is 0 Å². The highest BCUT2D eigenvalue weighted by Crippen LogP contribution is 2.18. The number of aliphatic carboxylic acids is 1. The van der Waals surface area contributed by atoms with Crippen molar-refractivity contribution in [2.24, 2.45) is 0 Å². The highest BCUT2D eigenvalue weighted by Gasteiger charge is 2.38. The van der Waals surface area contributed by atoms with E-state index in [9.17, 15) is 14.7 Å². The summed E-state index contributed by atoms with van der Waals surface area (Å²) >= 11 is 1.52. The number of amides is 2. The van der Waals surface area contributed by atoms with E-state index in [0.717, 1.165) is 4.88 Å². The number of nitrogens with one attached hydrogen (secondary N) is 1. The molecule has 18 heavy (non-hydrogen) atoms. The Morgan fingerprint density at radius 3 is 2.94 bits per heavy atom. The van der Waals surface area contributed by atoms with Crippen LogP contribution in [0.2, 0.25) is 0 Å². The van der Waals surface area contributed by atoms with Crippen LogP contribution >= 0.6 is 11.3 Å². The van der Waals surface area contributed by atoms with Crippen molar-refractivity contribution in [2.75, 3.05) is 6.54 Å². The van der Waals surface area contributed by atoms with Gasteiger partial charge in [0.25, 0.3) is 0 Å². The summed E-state index contributed by atoms with van der Waals surface area (Å²) in [5, 5.41) is 23.0. The molecule has 0 radical (unpaired) electrons. The van der Waals surface area contributed by atoms with Gasteiger partial charge in [0.2, 0.25) is 0 Å². The number of carboxylic acids is 1. The molecule has 1 aliphatic heterocycles. The van der Waals surface area contributed by atoms with Crippen LogP contribution in [0.15, 0.2) is 17.5 Å². The number of aliphatic hydroxyl groups excluding tert-OH is 1. The van der Waals surface area contributed by atoms with Gasteiger partial charge in [0.15, 0.2) is 0 Å². The molecule has 0 unspecified atom stereocenters. The Balaban J connectivity index is 1.93. The molecule has 0 saturated carbocycles. The molecule has 1 aromatic heterocycles. The Hall–Kier alpha value is -1.60. The molecule has 3 N–H and O–H groups in total. The van der Waals surface area contributed by atoms with Crippen LogP contribution < -0.4 is 5.32 Å². The Morgan fingerprint density at radius 2 is 2.33 bits per heavy atom. The number of urea groups is 1. The van der Waals surface area contributed by atoms with Gasteiger partial charge in [-0.05, 0) is 11.4 Å². The number of carbonyl (C=O) groups is 2. The molecule has 6 nitrogen and oxygen atoms in total. The molecule has 0 aromatic carbocycles. The number of carboxylic acid groups (broad SMARTS) is 1. The number of aliphatic hydroxyl groups is 1. The van der Waals surface area contributed by atoms with Crippen molar-refractivity contribution in [1.82, 2.24) is 10.2 Å². The number of hydrogen-bond acceptors (Lipinski definition) is 4. The van der Waals surface area contributed by atoms with E-state index in [1.165, 1.54) is 16.2 Å². The molecule has 2 amide bonds. The standard InChI is InChI=1S/C11H14N2O4S/c14-7-4-9(10(15)16)13(6-7)11(17)12-5-8-2-1-3-18-8/h1-3,7,9,14H,4-6H2,(H,12,17)(H,15,16)/t7-,9-/m0/s1. The topological polar surface area (TPSA) is 89.9 Å². The predicted molar refractivity (Wildman–Crippen MR) is 65.3 cm³/mol. The van der Waals surface area contributed by atoms with Gasteiger partial charge in [-0.2, -0.15) is 0 Å². The Morgan fingerprint density at radius 1 is 1.56 bits per heavy atom. The van der Waals surface area contributed by atoms with Crippen molar-refractivity contribution in [3.8, 4) is 0 Å². The number of hydrogen-bond donors (Lipinski definition) is 3. The summed E-state index contributed by atoms with van der Waals surface area (Å²) in [7, 11) is 0. The summed E-state index contributed by atoms with van der Waals surface area (Å²) in [6, 6.07) is 2.38. The summed E-state index contributed by atoms with van der Waals surface area (Å²) in [6.07, 6.45) is -0.680. The Kier molecular flexibility index (Phi) is 3.83. The zero-order chi connectivity index (χ0) is 13.1. The molecular weight excluding hydrogens is 256 g/mol. The smallest absolute Gasteiger partial charge is 0.326 e. The lowest BCUT2D eigenvalue weighted by Crippen LogP contribution is -2.45. The van der Waals surface area contributed by atoms with Crippen LogP contribution in [0.1, 0.15) is 11.3 Å². The highest BCUT2D eigenvalue weighted by atomic mass is 32.1. The molecule has 2 rings (SSSR count). The van der Waals surface area contributed by atoms with Crippen LogP contribution in [0, 0.1) is 0 Å². The molecule has 0 spiro atoms. The van der Waals surface area contributed by atoms with Crippen LogP contribution in [0.4, 0.5) is 4.79 Å². The van der Waals surface area contributed by atoms with E-state index in [1.807, 2.05) is 17.5 Å². The number of β-amino-alcohol motifs (C(OH)–C–C–N with tert-alkyl or cyclic N) is 1. The fourth-order valence-corrected chi connectivity index (χ4v) is 2.59. The third-order valence-electron chi connectivity index (χ3n) is 2.82. The van der Waals surface area contributed by atoms with Crippen molar-refractivity contribution in [1.29, 1.82) is 0 Å². The molecule has 0 bridgehead atoms. The van der Waals surface area contributed by atoms with E-state index in [1.54, 1.807) is 0 Å². The SMILES string of the molecule is O=C(O)[C@@H]1C[C@H](O)CN1C(=O)NCc1cccs1. The van der Waals surface area contributed by atoms with Gasteiger partial charge in [0.05, 0.1) is 12.6 Å². The van der Waals surface area contributed by atoms with Crippen LogP contribution in [-0.4, -0.2) is 45.8 Å². The van der Waals surface area contributed by atoms with Gasteiger partial charge in [-0.1, -0.05) is 6.07 Å². The first-order valence-electron chi connectivity index (χ1n) is 5.55. The number of carbonyl (C=O) groups excluding carboxylic acids is 1. The molecule has 98 valence electrons. The van der Waals surface area contributed by atoms with Gasteiger partial charge < -0.3 is 20.4 Å². The number of rotatable bonds is 3. The summed E-state index contributed by atoms with van der Waals surface area (Å²) in [5.74, 6) is -1.09. The minimum Gasteiger partial charge on any atom is -0.480 e. The maximum absolute atomic E-state index is 11.8. The average molecular weight is 270 g/mol. The average Bonchev–Trinajstić information content (AvgIpc) is 2.94. The molecule has 2 atom stereocenters. The summed E-state index contributed by atoms with van der Waals surface area (Å²) < 4.78 is 0. The first-order chi connectivity index (χ1) is 8.58. The number of nitrogens with zero attached hydrogens (tertiary/aromatic N) is 1. The first kappa shape index (κ1) is 12.8. The molecule has 0 aliphatic carbocycles. The minimum atomic E-state index is -1.09. The van der Waals surface area contributed by atoms with Gasteiger partial charge in [-0.3, -0.25) is 0 Å². The predicted octanol–water partition coefficient (Wildman–Crippen LogP) is 0.478. The van der Waals surface area contributed by atoms with Crippen molar-refractivity contribution >= 4 is 23.3 Å². The normalized spacial score (nSPS) is 23.1. The van der Waals surface area contributed by atoms with Gasteiger partial charge >= 0.3 is 12.0 Å². The summed E-state index contributed by atoms with van der Waals surface area (Å²) in [4.78, 5) is 25.0. The lowest BCUT2D eigenvalue weighted by Gasteiger charge is -2.21. The summed E-state index contributed by atoms with van der Waals surface area (Å²) in [5.41, 5.74) is 0. The molecule has 1 fully saturated rings. The summed E-state index contributed by atoms with van der Waals surface area (Å²) in [6.45, 7) is 0.433. The molecular formula is C11H14N2O4S. The zero-order valence-corrected chi connectivity index (χ0v) is 10.4. The van der Waals surface area contributed by atoms with Gasteiger partial charge in [-0.15, -0.1) is 11.3 Å². The van der Waals surface area contributed by atoms with E-state index in [0.29, 0.717) is 6.54 Å². The second-order valence-corrected chi connectivity index (χ2v) is 5.17. The fraction of sp³-hybridized carbons (Fsp3) is 0.455. The van der Waals surface area contributed by atoms with Crippen LogP contribution in [0.3, 0.4) is 0 Å². The zero-order valence-electron chi connectivity index (χ0n) is 9.57. The molecule has 2 heterocycles. The maximum atomic E-state index is 11.8. The van der Waals surface area contributed by atoms with E-state index in [-0.39, 0.29) is 13.0 Å². The van der Waals surface area contributed by atoms with Crippen molar-refractivity contribution in [2.45, 2.75) is 25.1 Å². The molecule has 1 aliphatic rings. The van der Waals surface area contributed by atoms with Crippen molar-refractivity contribution < 1.29 is 19.8 Å². The largest absolute Gasteiger partial charge is 0.480 e. The van der Waals surface area contributed by atoms with Gasteiger partial charge in [0, 0.05) is 17.8 Å². The second-order valence-electron chi connectivity index (χ2n) is 4.13. The highest BCUT2D eigenvalue weighted by molar-refractivity contribution is 7.09. The number of likely N-dealkylation sites (tertiary alicyclic amines) is 1. The van der Waals surface area contributed by atoms with E-state index in [2.05, 4.69) is 5.32 Å². The second kappa shape index (κ2) is 5.36. The quantitative estimate of drug-likeness (QED) is 0.745. The van der Waals surface area contributed by atoms with Gasteiger partial charge in [0.1, 0.15) is 6.04 Å².